The van der Waals surface area contributed by atoms with Crippen LogP contribution in [0, 0.1) is 0 Å². The molecule has 1 aromatic heterocycles. The van der Waals surface area contributed by atoms with Crippen molar-refractivity contribution in [3.63, 3.8) is 0 Å². The second-order valence-corrected chi connectivity index (χ2v) is 1.91. The maximum Gasteiger partial charge on any atom is 0.168 e. The van der Waals surface area contributed by atoms with E-state index in [1.165, 1.54) is 12.1 Å². The molecule has 0 amide bonds. The van der Waals surface area contributed by atoms with Crippen LogP contribution in [0.4, 0.5) is 0 Å². The summed E-state index contributed by atoms with van der Waals surface area (Å²) < 4.78 is 0. The van der Waals surface area contributed by atoms with Crippen LogP contribution in [0.3, 0.4) is 0 Å². The van der Waals surface area contributed by atoms with Crippen molar-refractivity contribution in [1.29, 1.82) is 0 Å². The van der Waals surface area contributed by atoms with Crippen LogP contribution in [0.5, 0.6) is 5.75 Å². The summed E-state index contributed by atoms with van der Waals surface area (Å²) in [6, 6.07) is 2.36. The van der Waals surface area contributed by atoms with Gasteiger partial charge in [-0.05, 0) is 0 Å². The number of hydrogen-bond acceptors (Lipinski definition) is 4. The van der Waals surface area contributed by atoms with Crippen LogP contribution in [0.15, 0.2) is 12.1 Å². The summed E-state index contributed by atoms with van der Waals surface area (Å²) in [5.41, 5.74) is 0.0965. The Morgan fingerprint density at radius 2 is 1.64 bits per heavy atom. The molecule has 0 aliphatic carbocycles. The van der Waals surface area contributed by atoms with Gasteiger partial charge in [0.25, 0.3) is 0 Å². The van der Waals surface area contributed by atoms with Crippen molar-refractivity contribution in [3.05, 3.63) is 23.5 Å². The Hall–Kier alpha value is -1.71. The van der Waals surface area contributed by atoms with Crippen molar-refractivity contribution in [2.45, 2.75) is 0 Å². The fraction of sp³-hybridized carbons (Fsp3) is 0. The number of rotatable bonds is 2. The third kappa shape index (κ3) is 1.61. The van der Waals surface area contributed by atoms with Gasteiger partial charge in [-0.3, -0.25) is 9.59 Å². The first-order valence-electron chi connectivity index (χ1n) is 2.87. The second-order valence-electron chi connectivity index (χ2n) is 1.91. The standard InChI is InChI=1S/C7H5NO3/c9-3-5-1-7(11)2-6(4-10)8-5/h1-4H,(H,8,11). The van der Waals surface area contributed by atoms with Gasteiger partial charge in [0.1, 0.15) is 17.1 Å². The van der Waals surface area contributed by atoms with Crippen molar-refractivity contribution < 1.29 is 14.7 Å². The van der Waals surface area contributed by atoms with Crippen molar-refractivity contribution in [2.75, 3.05) is 0 Å². The van der Waals surface area contributed by atoms with E-state index in [1.807, 2.05) is 0 Å². The summed E-state index contributed by atoms with van der Waals surface area (Å²) in [6.07, 6.45) is 0.930. The van der Waals surface area contributed by atoms with Gasteiger partial charge in [0, 0.05) is 12.1 Å². The van der Waals surface area contributed by atoms with Crippen molar-refractivity contribution in [1.82, 2.24) is 4.98 Å². The molecule has 1 rings (SSSR count). The Morgan fingerprint density at radius 3 is 2.00 bits per heavy atom. The molecule has 0 spiro atoms. The molecule has 1 aromatic rings. The second kappa shape index (κ2) is 2.92. The van der Waals surface area contributed by atoms with Crippen molar-refractivity contribution in [3.8, 4) is 5.75 Å². The Morgan fingerprint density at radius 1 is 1.18 bits per heavy atom. The van der Waals surface area contributed by atoms with E-state index in [-0.39, 0.29) is 17.1 Å². The van der Waals surface area contributed by atoms with Gasteiger partial charge < -0.3 is 5.11 Å². The summed E-state index contributed by atoms with van der Waals surface area (Å²) in [5, 5.41) is 8.90. The maximum absolute atomic E-state index is 10.1. The molecule has 1 N–H and O–H groups in total. The molecule has 0 saturated heterocycles. The van der Waals surface area contributed by atoms with E-state index >= 15 is 0 Å². The highest BCUT2D eigenvalue weighted by Crippen LogP contribution is 2.09. The van der Waals surface area contributed by atoms with E-state index < -0.39 is 0 Å². The summed E-state index contributed by atoms with van der Waals surface area (Å²) >= 11 is 0. The van der Waals surface area contributed by atoms with Gasteiger partial charge in [0.05, 0.1) is 0 Å². The monoisotopic (exact) mass is 151 g/mol. The van der Waals surface area contributed by atoms with E-state index in [1.54, 1.807) is 0 Å². The van der Waals surface area contributed by atoms with Crippen LogP contribution in [0.25, 0.3) is 0 Å². The van der Waals surface area contributed by atoms with Gasteiger partial charge in [0.15, 0.2) is 12.6 Å². The number of aldehydes is 2. The lowest BCUT2D eigenvalue weighted by atomic mass is 10.3. The number of pyridine rings is 1. The Labute approximate surface area is 62.5 Å². The molecule has 0 saturated carbocycles. The molecule has 0 radical (unpaired) electrons. The number of aromatic nitrogens is 1. The fourth-order valence-electron chi connectivity index (χ4n) is 0.679. The summed E-state index contributed by atoms with van der Waals surface area (Å²) in [7, 11) is 0. The Kier molecular flexibility index (Phi) is 1.96. The van der Waals surface area contributed by atoms with E-state index in [0.29, 0.717) is 12.6 Å². The number of aromatic hydroxyl groups is 1. The molecule has 11 heavy (non-hydrogen) atoms. The van der Waals surface area contributed by atoms with Gasteiger partial charge in [-0.2, -0.15) is 0 Å². The van der Waals surface area contributed by atoms with Crippen LogP contribution in [-0.2, 0) is 0 Å². The first kappa shape index (κ1) is 7.40. The smallest absolute Gasteiger partial charge is 0.168 e. The lowest BCUT2D eigenvalue weighted by molar-refractivity contribution is 0.111. The zero-order valence-corrected chi connectivity index (χ0v) is 5.52. The quantitative estimate of drug-likeness (QED) is 0.621. The third-order valence-electron chi connectivity index (χ3n) is 1.09. The molecule has 0 atom stereocenters. The van der Waals surface area contributed by atoms with Gasteiger partial charge >= 0.3 is 0 Å². The molecule has 0 aliphatic heterocycles. The van der Waals surface area contributed by atoms with Crippen LogP contribution in [0.1, 0.15) is 21.0 Å². The van der Waals surface area contributed by atoms with E-state index in [0.717, 1.165) is 0 Å². The Bertz CT molecular complexity index is 269. The number of nitrogens with zero attached hydrogens (tertiary/aromatic N) is 1. The van der Waals surface area contributed by atoms with Crippen LogP contribution in [-0.4, -0.2) is 22.7 Å². The highest BCUT2D eigenvalue weighted by molar-refractivity contribution is 5.78. The lowest BCUT2D eigenvalue weighted by Crippen LogP contribution is -1.91. The molecule has 0 fully saturated rings. The lowest BCUT2D eigenvalue weighted by Gasteiger charge is -1.93. The normalized spacial score (nSPS) is 9.09. The van der Waals surface area contributed by atoms with E-state index in [2.05, 4.69) is 4.98 Å². The van der Waals surface area contributed by atoms with Crippen LogP contribution >= 0.6 is 0 Å². The predicted molar refractivity (Wildman–Crippen MR) is 36.7 cm³/mol. The van der Waals surface area contributed by atoms with Gasteiger partial charge in [0.2, 0.25) is 0 Å². The zero-order chi connectivity index (χ0) is 8.27. The maximum atomic E-state index is 10.1. The summed E-state index contributed by atoms with van der Waals surface area (Å²) in [6.45, 7) is 0. The first-order valence-corrected chi connectivity index (χ1v) is 2.87. The first-order chi connectivity index (χ1) is 5.26. The van der Waals surface area contributed by atoms with Crippen LogP contribution < -0.4 is 0 Å². The minimum Gasteiger partial charge on any atom is -0.508 e. The molecule has 4 nitrogen and oxygen atoms in total. The Balaban J connectivity index is 3.21. The van der Waals surface area contributed by atoms with E-state index in [4.69, 9.17) is 5.11 Å². The number of carbonyl (C=O) groups excluding carboxylic acids is 2. The SMILES string of the molecule is O=Cc1cc(O)cc(C=O)n1. The van der Waals surface area contributed by atoms with Gasteiger partial charge in [-0.15, -0.1) is 0 Å². The molecular weight excluding hydrogens is 146 g/mol. The molecule has 4 heteroatoms. The molecular formula is C7H5NO3. The van der Waals surface area contributed by atoms with Crippen LogP contribution in [0.2, 0.25) is 0 Å². The average Bonchev–Trinajstić information content (AvgIpc) is 2.03. The summed E-state index contributed by atoms with van der Waals surface area (Å²) in [4.78, 5) is 23.8. The third-order valence-corrected chi connectivity index (χ3v) is 1.09. The highest BCUT2D eigenvalue weighted by Gasteiger charge is 1.98. The molecule has 1 heterocycles. The van der Waals surface area contributed by atoms with Crippen molar-refractivity contribution in [2.24, 2.45) is 0 Å². The predicted octanol–water partition coefficient (Wildman–Crippen LogP) is 0.412. The largest absolute Gasteiger partial charge is 0.508 e. The number of hydrogen-bond donors (Lipinski definition) is 1. The fourth-order valence-corrected chi connectivity index (χ4v) is 0.679. The minimum absolute atomic E-state index is 0.0482. The van der Waals surface area contributed by atoms with E-state index in [9.17, 15) is 9.59 Å². The molecule has 0 bridgehead atoms. The molecule has 0 unspecified atom stereocenters. The summed E-state index contributed by atoms with van der Waals surface area (Å²) in [5.74, 6) is -0.135. The molecule has 0 aromatic carbocycles. The van der Waals surface area contributed by atoms with Gasteiger partial charge in [-0.1, -0.05) is 0 Å². The average molecular weight is 151 g/mol. The minimum atomic E-state index is -0.135. The molecule has 56 valence electrons. The topological polar surface area (TPSA) is 67.3 Å². The highest BCUT2D eigenvalue weighted by atomic mass is 16.3. The molecule has 0 aliphatic rings. The van der Waals surface area contributed by atoms with Gasteiger partial charge in [-0.25, -0.2) is 4.98 Å². The van der Waals surface area contributed by atoms with Crippen molar-refractivity contribution >= 4 is 12.6 Å². The zero-order valence-electron chi connectivity index (χ0n) is 5.52. The number of carbonyl (C=O) groups is 2.